The van der Waals surface area contributed by atoms with Crippen molar-refractivity contribution in [3.8, 4) is 0 Å². The maximum atomic E-state index is 10.9. The van der Waals surface area contributed by atoms with Gasteiger partial charge in [-0.2, -0.15) is 0 Å². The van der Waals surface area contributed by atoms with E-state index in [4.69, 9.17) is 0 Å². The lowest BCUT2D eigenvalue weighted by molar-refractivity contribution is -0.104. The van der Waals surface area contributed by atoms with Gasteiger partial charge in [-0.25, -0.2) is 0 Å². The van der Waals surface area contributed by atoms with Gasteiger partial charge in [0.05, 0.1) is 0 Å². The zero-order valence-corrected chi connectivity index (χ0v) is 13.0. The van der Waals surface area contributed by atoms with Crippen LogP contribution in [0.25, 0.3) is 0 Å². The van der Waals surface area contributed by atoms with Gasteiger partial charge >= 0.3 is 0 Å². The average molecular weight is 264 g/mol. The molecule has 18 heavy (non-hydrogen) atoms. The Balaban J connectivity index is 3.02. The first-order chi connectivity index (χ1) is 8.42. The lowest BCUT2D eigenvalue weighted by Gasteiger charge is -2.33. The maximum absolute atomic E-state index is 10.9. The number of carbonyl (C=O) groups is 1. The number of thioether (sulfide) groups is 1. The van der Waals surface area contributed by atoms with E-state index >= 15 is 0 Å². The molecule has 0 unspecified atom stereocenters. The molecular formula is C16H24OS. The van der Waals surface area contributed by atoms with E-state index in [1.807, 2.05) is 13.2 Å². The quantitative estimate of drug-likeness (QED) is 0.408. The Morgan fingerprint density at radius 2 is 2.06 bits per heavy atom. The molecule has 1 aliphatic carbocycles. The normalized spacial score (nSPS) is 21.2. The fraction of sp³-hybridized carbons (Fsp3) is 0.562. The second-order valence-electron chi connectivity index (χ2n) is 5.63. The van der Waals surface area contributed by atoms with Crippen LogP contribution in [0.2, 0.25) is 0 Å². The largest absolute Gasteiger partial charge is 0.297 e. The Labute approximate surface area is 115 Å². The van der Waals surface area contributed by atoms with Gasteiger partial charge in [0.25, 0.3) is 0 Å². The molecule has 0 aromatic rings. The second kappa shape index (κ2) is 6.42. The van der Waals surface area contributed by atoms with E-state index in [0.29, 0.717) is 0 Å². The lowest BCUT2D eigenvalue weighted by atomic mass is 9.72. The molecular weight excluding hydrogens is 240 g/mol. The lowest BCUT2D eigenvalue weighted by Crippen LogP contribution is -2.19. The highest BCUT2D eigenvalue weighted by Crippen LogP contribution is 2.40. The molecule has 1 rings (SSSR count). The van der Waals surface area contributed by atoms with Gasteiger partial charge in [-0.15, -0.1) is 11.8 Å². The van der Waals surface area contributed by atoms with Crippen molar-refractivity contribution in [1.29, 1.82) is 0 Å². The van der Waals surface area contributed by atoms with Crippen molar-refractivity contribution in [3.05, 3.63) is 33.8 Å². The number of rotatable bonds is 4. The molecule has 2 heteroatoms. The van der Waals surface area contributed by atoms with Crippen LogP contribution in [0, 0.1) is 5.41 Å². The van der Waals surface area contributed by atoms with E-state index in [1.54, 1.807) is 0 Å². The van der Waals surface area contributed by atoms with Crippen molar-refractivity contribution < 1.29 is 4.79 Å². The number of carbonyl (C=O) groups excluding carboxylic acids is 1. The predicted octanol–water partition coefficient (Wildman–Crippen LogP) is 4.91. The van der Waals surface area contributed by atoms with Gasteiger partial charge in [0.15, 0.2) is 6.29 Å². The number of allylic oxidation sites excluding steroid dienone is 6. The van der Waals surface area contributed by atoms with E-state index < -0.39 is 0 Å². The Bertz CT molecular complexity index is 411. The van der Waals surface area contributed by atoms with Crippen LogP contribution in [-0.2, 0) is 4.79 Å². The first-order valence-electron chi connectivity index (χ1n) is 6.50. The van der Waals surface area contributed by atoms with Crippen LogP contribution >= 0.6 is 11.8 Å². The molecule has 0 radical (unpaired) electrons. The number of hydrogen-bond donors (Lipinski definition) is 0. The number of aldehydes is 1. The van der Waals surface area contributed by atoms with Crippen molar-refractivity contribution in [2.45, 2.75) is 47.0 Å². The molecule has 100 valence electrons. The Hall–Kier alpha value is -0.760. The van der Waals surface area contributed by atoms with Crippen LogP contribution in [0.4, 0.5) is 0 Å². The molecule has 0 bridgehead atoms. The highest BCUT2D eigenvalue weighted by Gasteiger charge is 2.26. The van der Waals surface area contributed by atoms with Crippen molar-refractivity contribution in [3.63, 3.8) is 0 Å². The third kappa shape index (κ3) is 3.61. The summed E-state index contributed by atoms with van der Waals surface area (Å²) in [5, 5.41) is 0. The molecule has 0 aliphatic heterocycles. The molecule has 0 aromatic heterocycles. The minimum atomic E-state index is 0.264. The molecule has 0 aromatic carbocycles. The van der Waals surface area contributed by atoms with Gasteiger partial charge < -0.3 is 0 Å². The third-order valence-electron chi connectivity index (χ3n) is 3.76. The van der Waals surface area contributed by atoms with Gasteiger partial charge in [0.2, 0.25) is 0 Å². The molecule has 0 saturated heterocycles. The SMILES string of the molecule is CS/C(C=O)=C(C)\C=C\C1=C(C)CCCC1(C)C. The van der Waals surface area contributed by atoms with Crippen LogP contribution in [0.1, 0.15) is 47.0 Å². The van der Waals surface area contributed by atoms with Crippen LogP contribution in [0.5, 0.6) is 0 Å². The van der Waals surface area contributed by atoms with Gasteiger partial charge in [0.1, 0.15) is 0 Å². The summed E-state index contributed by atoms with van der Waals surface area (Å²) < 4.78 is 0. The monoisotopic (exact) mass is 264 g/mol. The van der Waals surface area contributed by atoms with Crippen molar-refractivity contribution in [1.82, 2.24) is 0 Å². The average Bonchev–Trinajstić information content (AvgIpc) is 2.29. The molecule has 0 heterocycles. The molecule has 0 amide bonds. The number of hydrogen-bond acceptors (Lipinski definition) is 2. The minimum absolute atomic E-state index is 0.264. The Morgan fingerprint density at radius 3 is 2.56 bits per heavy atom. The van der Waals surface area contributed by atoms with Crippen LogP contribution in [0.15, 0.2) is 33.8 Å². The van der Waals surface area contributed by atoms with Gasteiger partial charge in [-0.05, 0) is 55.9 Å². The summed E-state index contributed by atoms with van der Waals surface area (Å²) in [6.07, 6.45) is 10.9. The fourth-order valence-electron chi connectivity index (χ4n) is 2.60. The summed E-state index contributed by atoms with van der Waals surface area (Å²) in [4.78, 5) is 11.7. The smallest absolute Gasteiger partial charge is 0.156 e. The minimum Gasteiger partial charge on any atom is -0.297 e. The Morgan fingerprint density at radius 1 is 1.39 bits per heavy atom. The van der Waals surface area contributed by atoms with E-state index in [0.717, 1.165) is 16.8 Å². The molecule has 0 N–H and O–H groups in total. The predicted molar refractivity (Wildman–Crippen MR) is 81.8 cm³/mol. The standard InChI is InChI=1S/C16H24OS/c1-12-7-6-10-16(3,4)14(12)9-8-13(2)15(11-17)18-5/h8-9,11H,6-7,10H2,1-5H3/b9-8+,15-13-. The van der Waals surface area contributed by atoms with Crippen LogP contribution in [-0.4, -0.2) is 12.5 Å². The van der Waals surface area contributed by atoms with E-state index in [9.17, 15) is 4.79 Å². The molecule has 0 spiro atoms. The first kappa shape index (κ1) is 15.3. The van der Waals surface area contributed by atoms with E-state index in [-0.39, 0.29) is 5.41 Å². The van der Waals surface area contributed by atoms with Crippen molar-refractivity contribution in [2.24, 2.45) is 5.41 Å². The van der Waals surface area contributed by atoms with Gasteiger partial charge in [-0.1, -0.05) is 31.6 Å². The maximum Gasteiger partial charge on any atom is 0.156 e. The first-order valence-corrected chi connectivity index (χ1v) is 7.73. The van der Waals surface area contributed by atoms with E-state index in [1.165, 1.54) is 42.2 Å². The van der Waals surface area contributed by atoms with E-state index in [2.05, 4.69) is 32.9 Å². The summed E-state index contributed by atoms with van der Waals surface area (Å²) >= 11 is 1.51. The molecule has 0 saturated carbocycles. The van der Waals surface area contributed by atoms with Crippen LogP contribution < -0.4 is 0 Å². The summed E-state index contributed by atoms with van der Waals surface area (Å²) in [5.41, 5.74) is 4.26. The van der Waals surface area contributed by atoms with Gasteiger partial charge in [-0.3, -0.25) is 4.79 Å². The molecule has 1 nitrogen and oxygen atoms in total. The molecule has 0 atom stereocenters. The summed E-state index contributed by atoms with van der Waals surface area (Å²) in [6, 6.07) is 0. The summed E-state index contributed by atoms with van der Waals surface area (Å²) in [6.45, 7) is 8.85. The Kier molecular flexibility index (Phi) is 5.46. The second-order valence-corrected chi connectivity index (χ2v) is 6.48. The third-order valence-corrected chi connectivity index (χ3v) is 4.62. The summed E-state index contributed by atoms with van der Waals surface area (Å²) in [7, 11) is 0. The van der Waals surface area contributed by atoms with Crippen LogP contribution in [0.3, 0.4) is 0 Å². The van der Waals surface area contributed by atoms with Crippen molar-refractivity contribution in [2.75, 3.05) is 6.26 Å². The highest BCUT2D eigenvalue weighted by atomic mass is 32.2. The fourth-order valence-corrected chi connectivity index (χ4v) is 3.09. The van der Waals surface area contributed by atoms with Gasteiger partial charge in [0, 0.05) is 4.91 Å². The highest BCUT2D eigenvalue weighted by molar-refractivity contribution is 8.03. The molecule has 0 fully saturated rings. The topological polar surface area (TPSA) is 17.1 Å². The molecule has 1 aliphatic rings. The zero-order valence-electron chi connectivity index (χ0n) is 12.2. The zero-order chi connectivity index (χ0) is 13.8. The van der Waals surface area contributed by atoms with Crippen molar-refractivity contribution >= 4 is 18.0 Å². The summed E-state index contributed by atoms with van der Waals surface area (Å²) in [5.74, 6) is 0.